The summed E-state index contributed by atoms with van der Waals surface area (Å²) in [6.45, 7) is 4.01. The number of carbonyl (C=O) groups excluding carboxylic acids is 2. The Labute approximate surface area is 144 Å². The van der Waals surface area contributed by atoms with Crippen molar-refractivity contribution >= 4 is 29.0 Å². The average Bonchev–Trinajstić information content (AvgIpc) is 2.94. The van der Waals surface area contributed by atoms with Gasteiger partial charge < -0.3 is 21.1 Å². The molecule has 4 N–H and O–H groups in total. The van der Waals surface area contributed by atoms with Gasteiger partial charge in [-0.05, 0) is 43.1 Å². The van der Waals surface area contributed by atoms with E-state index >= 15 is 0 Å². The smallest absolute Gasteiger partial charge is 0.273 e. The van der Waals surface area contributed by atoms with Crippen molar-refractivity contribution in [2.45, 2.75) is 26.4 Å². The number of methoxy groups -OCH3 is 1. The number of anilines is 1. The third kappa shape index (κ3) is 4.23. The van der Waals surface area contributed by atoms with E-state index in [0.717, 1.165) is 22.8 Å². The van der Waals surface area contributed by atoms with E-state index in [2.05, 4.69) is 15.0 Å². The number of nitrogen functional groups attached to an aromatic ring is 1. The molecule has 24 heavy (non-hydrogen) atoms. The highest BCUT2D eigenvalue weighted by Crippen LogP contribution is 2.22. The van der Waals surface area contributed by atoms with Crippen LogP contribution in [0.25, 0.3) is 0 Å². The van der Waals surface area contributed by atoms with Crippen molar-refractivity contribution in [1.29, 1.82) is 0 Å². The number of aromatic nitrogens is 1. The van der Waals surface area contributed by atoms with Gasteiger partial charge in [0.2, 0.25) is 0 Å². The van der Waals surface area contributed by atoms with Crippen molar-refractivity contribution in [2.24, 2.45) is 0 Å². The van der Waals surface area contributed by atoms with Crippen LogP contribution in [-0.2, 0) is 6.54 Å². The normalized spacial score (nSPS) is 10.5. The minimum Gasteiger partial charge on any atom is -0.497 e. The van der Waals surface area contributed by atoms with Crippen molar-refractivity contribution in [3.63, 3.8) is 0 Å². The lowest BCUT2D eigenvalue weighted by molar-refractivity contribution is 0.0939. The number of rotatable bonds is 6. The summed E-state index contributed by atoms with van der Waals surface area (Å²) in [6.07, 6.45) is 0. The molecule has 128 valence electrons. The van der Waals surface area contributed by atoms with Gasteiger partial charge in [0, 0.05) is 12.6 Å². The molecule has 0 aliphatic heterocycles. The molecule has 1 aromatic carbocycles. The van der Waals surface area contributed by atoms with E-state index in [1.54, 1.807) is 7.11 Å². The second kappa shape index (κ2) is 7.78. The van der Waals surface area contributed by atoms with Crippen molar-refractivity contribution in [2.75, 3.05) is 12.8 Å². The molecule has 2 aromatic rings. The minimum atomic E-state index is -0.382. The van der Waals surface area contributed by atoms with E-state index in [4.69, 9.17) is 10.5 Å². The molecular formula is C16H20N4O3S. The van der Waals surface area contributed by atoms with Gasteiger partial charge in [-0.15, -0.1) is 0 Å². The highest BCUT2D eigenvalue weighted by Gasteiger charge is 2.22. The fraction of sp³-hybridized carbons (Fsp3) is 0.312. The number of carbonyl (C=O) groups is 2. The zero-order chi connectivity index (χ0) is 17.7. The van der Waals surface area contributed by atoms with Crippen molar-refractivity contribution in [3.05, 3.63) is 40.4 Å². The predicted octanol–water partition coefficient (Wildman–Crippen LogP) is 1.80. The van der Waals surface area contributed by atoms with Gasteiger partial charge in [-0.1, -0.05) is 12.1 Å². The van der Waals surface area contributed by atoms with E-state index in [0.29, 0.717) is 6.54 Å². The molecule has 0 atom stereocenters. The van der Waals surface area contributed by atoms with Gasteiger partial charge in [0.15, 0.2) is 5.69 Å². The summed E-state index contributed by atoms with van der Waals surface area (Å²) in [5.41, 5.74) is 7.01. The van der Waals surface area contributed by atoms with Crippen LogP contribution in [0.5, 0.6) is 5.75 Å². The van der Waals surface area contributed by atoms with Crippen LogP contribution in [0.15, 0.2) is 24.3 Å². The van der Waals surface area contributed by atoms with E-state index < -0.39 is 0 Å². The molecule has 0 spiro atoms. The largest absolute Gasteiger partial charge is 0.497 e. The molecule has 1 aromatic heterocycles. The van der Waals surface area contributed by atoms with Crippen LogP contribution in [0.1, 0.15) is 39.6 Å². The zero-order valence-corrected chi connectivity index (χ0v) is 14.6. The first kappa shape index (κ1) is 17.7. The van der Waals surface area contributed by atoms with E-state index in [9.17, 15) is 9.59 Å². The Morgan fingerprint density at radius 1 is 1.25 bits per heavy atom. The lowest BCUT2D eigenvalue weighted by atomic mass is 10.2. The summed E-state index contributed by atoms with van der Waals surface area (Å²) < 4.78 is 9.08. The average molecular weight is 348 g/mol. The Hall–Kier alpha value is -2.61. The summed E-state index contributed by atoms with van der Waals surface area (Å²) in [6, 6.07) is 7.31. The van der Waals surface area contributed by atoms with E-state index in [-0.39, 0.29) is 34.1 Å². The summed E-state index contributed by atoms with van der Waals surface area (Å²) in [4.78, 5) is 24.4. The Morgan fingerprint density at radius 3 is 2.50 bits per heavy atom. The van der Waals surface area contributed by atoms with Crippen molar-refractivity contribution in [1.82, 2.24) is 15.0 Å². The number of amides is 2. The van der Waals surface area contributed by atoms with Gasteiger partial charge in [0.05, 0.1) is 12.8 Å². The van der Waals surface area contributed by atoms with E-state index in [1.165, 1.54) is 0 Å². The number of ether oxygens (including phenoxy) is 1. The molecule has 7 nitrogen and oxygen atoms in total. The Bertz CT molecular complexity index is 725. The molecule has 2 amide bonds. The Morgan fingerprint density at radius 2 is 1.92 bits per heavy atom. The number of nitrogens with two attached hydrogens (primary N) is 1. The summed E-state index contributed by atoms with van der Waals surface area (Å²) in [5, 5.41) is 5.47. The molecule has 0 fully saturated rings. The maximum Gasteiger partial charge on any atom is 0.273 e. The van der Waals surface area contributed by atoms with Crippen molar-refractivity contribution in [3.8, 4) is 5.75 Å². The molecule has 8 heteroatoms. The van der Waals surface area contributed by atoms with E-state index in [1.807, 2.05) is 38.1 Å². The number of hydrogen-bond donors (Lipinski definition) is 3. The maximum absolute atomic E-state index is 12.2. The Balaban J connectivity index is 2.02. The molecule has 0 aliphatic rings. The van der Waals surface area contributed by atoms with Gasteiger partial charge in [0.1, 0.15) is 10.6 Å². The Kier molecular flexibility index (Phi) is 5.75. The first-order valence-corrected chi connectivity index (χ1v) is 8.16. The van der Waals surface area contributed by atoms with Crippen LogP contribution in [0.3, 0.4) is 0 Å². The molecule has 0 bridgehead atoms. The topological polar surface area (TPSA) is 106 Å². The summed E-state index contributed by atoms with van der Waals surface area (Å²) in [5.74, 6) is 0.00922. The highest BCUT2D eigenvalue weighted by molar-refractivity contribution is 7.09. The third-order valence-electron chi connectivity index (χ3n) is 3.18. The monoisotopic (exact) mass is 348 g/mol. The minimum absolute atomic E-state index is 0.0362. The predicted molar refractivity (Wildman–Crippen MR) is 93.3 cm³/mol. The molecule has 1 heterocycles. The van der Waals surface area contributed by atoms with Crippen LogP contribution >= 0.6 is 11.5 Å². The molecule has 0 unspecified atom stereocenters. The molecule has 0 radical (unpaired) electrons. The highest BCUT2D eigenvalue weighted by atomic mass is 32.1. The number of nitrogens with one attached hydrogen (secondary N) is 2. The van der Waals surface area contributed by atoms with Crippen LogP contribution in [0.2, 0.25) is 0 Å². The molecule has 0 aliphatic carbocycles. The summed E-state index contributed by atoms with van der Waals surface area (Å²) in [7, 11) is 1.59. The molecule has 2 rings (SSSR count). The molecule has 0 saturated heterocycles. The second-order valence-electron chi connectivity index (χ2n) is 5.43. The third-order valence-corrected chi connectivity index (χ3v) is 4.04. The van der Waals surface area contributed by atoms with Crippen LogP contribution in [0, 0.1) is 0 Å². The lowest BCUT2D eigenvalue weighted by Gasteiger charge is -2.07. The van der Waals surface area contributed by atoms with Gasteiger partial charge in [0.25, 0.3) is 11.8 Å². The van der Waals surface area contributed by atoms with Crippen LogP contribution in [0.4, 0.5) is 5.69 Å². The van der Waals surface area contributed by atoms with Gasteiger partial charge >= 0.3 is 0 Å². The standard InChI is InChI=1S/C16H20N4O3S/c1-9(2)19-15(21)13-12(17)14(24-20-13)16(22)18-8-10-4-6-11(23-3)7-5-10/h4-7,9H,8,17H2,1-3H3,(H,18,22)(H,19,21). The van der Waals surface area contributed by atoms with Gasteiger partial charge in [-0.25, -0.2) is 0 Å². The fourth-order valence-electron chi connectivity index (χ4n) is 1.96. The quantitative estimate of drug-likeness (QED) is 0.738. The molecular weight excluding hydrogens is 328 g/mol. The van der Waals surface area contributed by atoms with Crippen molar-refractivity contribution < 1.29 is 14.3 Å². The maximum atomic E-state index is 12.2. The number of nitrogens with zero attached hydrogens (tertiary/aromatic N) is 1. The lowest BCUT2D eigenvalue weighted by Crippen LogP contribution is -2.31. The fourth-order valence-corrected chi connectivity index (χ4v) is 2.68. The summed E-state index contributed by atoms with van der Waals surface area (Å²) >= 11 is 0.913. The first-order chi connectivity index (χ1) is 11.4. The van der Waals surface area contributed by atoms with Crippen LogP contribution < -0.4 is 21.1 Å². The number of benzene rings is 1. The van der Waals surface area contributed by atoms with Gasteiger partial charge in [-0.3, -0.25) is 9.59 Å². The van der Waals surface area contributed by atoms with Crippen LogP contribution in [-0.4, -0.2) is 29.3 Å². The second-order valence-corrected chi connectivity index (χ2v) is 6.21. The SMILES string of the molecule is COc1ccc(CNC(=O)c2snc(C(=O)NC(C)C)c2N)cc1. The first-order valence-electron chi connectivity index (χ1n) is 7.39. The number of hydrogen-bond acceptors (Lipinski definition) is 6. The van der Waals surface area contributed by atoms with Gasteiger partial charge in [-0.2, -0.15) is 4.37 Å². The molecule has 0 saturated carbocycles. The zero-order valence-electron chi connectivity index (χ0n) is 13.8.